The third kappa shape index (κ3) is 1.11. The summed E-state index contributed by atoms with van der Waals surface area (Å²) in [6.07, 6.45) is 0.557. The van der Waals surface area contributed by atoms with Crippen molar-refractivity contribution < 1.29 is 13.9 Å². The van der Waals surface area contributed by atoms with Gasteiger partial charge in [0, 0.05) is 6.42 Å². The predicted molar refractivity (Wildman–Crippen MR) is 32.5 cm³/mol. The Morgan fingerprint density at radius 2 is 2.00 bits per heavy atom. The molecule has 0 saturated heterocycles. The molecule has 56 valence electrons. The minimum atomic E-state index is -0.749. The Morgan fingerprint density at radius 3 is 2.40 bits per heavy atom. The zero-order valence-electron chi connectivity index (χ0n) is 5.59. The lowest BCUT2D eigenvalue weighted by Gasteiger charge is -1.87. The number of aliphatic hydroxyl groups is 1. The molecule has 0 saturated carbocycles. The average Bonchev–Trinajstić information content (AvgIpc) is 2.30. The van der Waals surface area contributed by atoms with Crippen LogP contribution in [-0.4, -0.2) is 5.11 Å². The molecule has 0 unspecified atom stereocenters. The minimum absolute atomic E-state index is 0.229. The lowest BCUT2D eigenvalue weighted by molar-refractivity contribution is 0.240. The van der Waals surface area contributed by atoms with Gasteiger partial charge in [-0.3, -0.25) is 0 Å². The summed E-state index contributed by atoms with van der Waals surface area (Å²) in [5, 5.41) is 8.57. The Hall–Kier alpha value is -1.03. The molecule has 4 heteroatoms. The van der Waals surface area contributed by atoms with Crippen LogP contribution in [0, 0.1) is 0 Å². The van der Waals surface area contributed by atoms with Crippen molar-refractivity contribution in [2.45, 2.75) is 20.0 Å². The molecule has 0 aliphatic rings. The minimum Gasteiger partial charge on any atom is -0.396 e. The van der Waals surface area contributed by atoms with Crippen LogP contribution in [0.15, 0.2) is 13.6 Å². The van der Waals surface area contributed by atoms with Gasteiger partial charge in [0.1, 0.15) is 6.61 Å². The average molecular weight is 144 g/mol. The van der Waals surface area contributed by atoms with Gasteiger partial charge < -0.3 is 13.9 Å². The highest BCUT2D eigenvalue weighted by atomic mass is 16.6. The topological polar surface area (TPSA) is 63.6 Å². The maximum absolute atomic E-state index is 10.4. The Kier molecular flexibility index (Phi) is 1.91. The summed E-state index contributed by atoms with van der Waals surface area (Å²) in [4.78, 5) is 10.4. The van der Waals surface area contributed by atoms with Crippen LogP contribution in [0.3, 0.4) is 0 Å². The normalized spacial score (nSPS) is 10.2. The second-order valence-electron chi connectivity index (χ2n) is 1.81. The summed E-state index contributed by atoms with van der Waals surface area (Å²) in [6.45, 7) is 1.53. The smallest absolute Gasteiger partial charge is 0.396 e. The molecule has 0 amide bonds. The van der Waals surface area contributed by atoms with Crippen LogP contribution in [-0.2, 0) is 13.0 Å². The van der Waals surface area contributed by atoms with Crippen molar-refractivity contribution in [3.8, 4) is 0 Å². The van der Waals surface area contributed by atoms with Gasteiger partial charge in [0.2, 0.25) is 0 Å². The van der Waals surface area contributed by atoms with Crippen LogP contribution < -0.4 is 5.82 Å². The summed E-state index contributed by atoms with van der Waals surface area (Å²) in [5.74, 6) is -0.0964. The first kappa shape index (κ1) is 7.08. The predicted octanol–water partition coefficient (Wildman–Crippen LogP) is 0.288. The van der Waals surface area contributed by atoms with Crippen molar-refractivity contribution in [1.82, 2.24) is 0 Å². The van der Waals surface area contributed by atoms with Gasteiger partial charge >= 0.3 is 5.82 Å². The molecule has 4 nitrogen and oxygen atoms in total. The fraction of sp³-hybridized carbons (Fsp3) is 0.500. The van der Waals surface area contributed by atoms with E-state index in [1.165, 1.54) is 0 Å². The molecule has 1 rings (SSSR count). The first-order chi connectivity index (χ1) is 4.77. The molecule has 0 atom stereocenters. The lowest BCUT2D eigenvalue weighted by Crippen LogP contribution is -1.86. The van der Waals surface area contributed by atoms with Crippen LogP contribution in [0.4, 0.5) is 0 Å². The SMILES string of the molecule is CCc1oc(=O)oc1CO. The number of aryl methyl sites for hydroxylation is 1. The second-order valence-corrected chi connectivity index (χ2v) is 1.81. The van der Waals surface area contributed by atoms with Crippen LogP contribution >= 0.6 is 0 Å². The summed E-state index contributed by atoms with van der Waals surface area (Å²) in [5.41, 5.74) is 0. The van der Waals surface area contributed by atoms with Gasteiger partial charge in [-0.15, -0.1) is 0 Å². The number of hydrogen-bond donors (Lipinski definition) is 1. The molecule has 1 heterocycles. The maximum Gasteiger partial charge on any atom is 0.519 e. The van der Waals surface area contributed by atoms with E-state index < -0.39 is 5.82 Å². The van der Waals surface area contributed by atoms with Gasteiger partial charge in [0.15, 0.2) is 11.5 Å². The zero-order chi connectivity index (χ0) is 7.56. The third-order valence-electron chi connectivity index (χ3n) is 1.19. The molecular weight excluding hydrogens is 136 g/mol. The van der Waals surface area contributed by atoms with E-state index in [9.17, 15) is 4.79 Å². The molecule has 10 heavy (non-hydrogen) atoms. The number of rotatable bonds is 2. The molecule has 1 aromatic rings. The van der Waals surface area contributed by atoms with Crippen molar-refractivity contribution >= 4 is 0 Å². The molecule has 0 aliphatic heterocycles. The van der Waals surface area contributed by atoms with Crippen LogP contribution in [0.25, 0.3) is 0 Å². The van der Waals surface area contributed by atoms with Gasteiger partial charge in [-0.1, -0.05) is 6.92 Å². The van der Waals surface area contributed by atoms with Crippen LogP contribution in [0.1, 0.15) is 18.4 Å². The first-order valence-corrected chi connectivity index (χ1v) is 3.00. The molecule has 0 spiro atoms. The van der Waals surface area contributed by atoms with Crippen molar-refractivity contribution in [2.24, 2.45) is 0 Å². The zero-order valence-corrected chi connectivity index (χ0v) is 5.59. The van der Waals surface area contributed by atoms with Gasteiger partial charge in [-0.05, 0) is 0 Å². The van der Waals surface area contributed by atoms with E-state index in [1.54, 1.807) is 0 Å². The van der Waals surface area contributed by atoms with Crippen molar-refractivity contribution in [3.05, 3.63) is 22.1 Å². The highest BCUT2D eigenvalue weighted by Gasteiger charge is 2.08. The van der Waals surface area contributed by atoms with E-state index in [0.717, 1.165) is 0 Å². The molecule has 0 aromatic carbocycles. The summed E-state index contributed by atoms with van der Waals surface area (Å²) < 4.78 is 9.05. The molecule has 0 radical (unpaired) electrons. The van der Waals surface area contributed by atoms with Crippen molar-refractivity contribution in [1.29, 1.82) is 0 Å². The molecule has 0 fully saturated rings. The van der Waals surface area contributed by atoms with E-state index in [1.807, 2.05) is 6.92 Å². The highest BCUT2D eigenvalue weighted by molar-refractivity contribution is 5.00. The van der Waals surface area contributed by atoms with Crippen LogP contribution in [0.5, 0.6) is 0 Å². The highest BCUT2D eigenvalue weighted by Crippen LogP contribution is 2.06. The largest absolute Gasteiger partial charge is 0.519 e. The third-order valence-corrected chi connectivity index (χ3v) is 1.19. The van der Waals surface area contributed by atoms with Gasteiger partial charge in [-0.25, -0.2) is 4.79 Å². The van der Waals surface area contributed by atoms with Gasteiger partial charge in [0.25, 0.3) is 0 Å². The fourth-order valence-corrected chi connectivity index (χ4v) is 0.726. The molecular formula is C6H8O4. The molecule has 0 bridgehead atoms. The fourth-order valence-electron chi connectivity index (χ4n) is 0.726. The Labute approximate surface area is 57.1 Å². The van der Waals surface area contributed by atoms with Crippen LogP contribution in [0.2, 0.25) is 0 Å². The Morgan fingerprint density at radius 1 is 1.40 bits per heavy atom. The van der Waals surface area contributed by atoms with Crippen molar-refractivity contribution in [3.63, 3.8) is 0 Å². The molecule has 1 N–H and O–H groups in total. The molecule has 1 aromatic heterocycles. The second kappa shape index (κ2) is 2.70. The van der Waals surface area contributed by atoms with Crippen molar-refractivity contribution in [2.75, 3.05) is 0 Å². The Bertz CT molecular complexity index is 232. The number of hydrogen-bond acceptors (Lipinski definition) is 4. The standard InChI is InChI=1S/C6H8O4/c1-2-4-5(3-7)10-6(8)9-4/h7H,2-3H2,1H3. The summed E-state index contributed by atoms with van der Waals surface area (Å²) in [7, 11) is 0. The Balaban J connectivity index is 3.08. The monoisotopic (exact) mass is 144 g/mol. The summed E-state index contributed by atoms with van der Waals surface area (Å²) >= 11 is 0. The lowest BCUT2D eigenvalue weighted by atomic mass is 10.3. The van der Waals surface area contributed by atoms with Gasteiger partial charge in [-0.2, -0.15) is 0 Å². The van der Waals surface area contributed by atoms with E-state index in [2.05, 4.69) is 8.83 Å². The van der Waals surface area contributed by atoms with E-state index in [4.69, 9.17) is 5.11 Å². The first-order valence-electron chi connectivity index (χ1n) is 3.00. The van der Waals surface area contributed by atoms with Gasteiger partial charge in [0.05, 0.1) is 0 Å². The molecule has 0 aliphatic carbocycles. The quantitative estimate of drug-likeness (QED) is 0.647. The number of aliphatic hydroxyl groups excluding tert-OH is 1. The van der Waals surface area contributed by atoms with E-state index in [0.29, 0.717) is 12.2 Å². The summed E-state index contributed by atoms with van der Waals surface area (Å²) in [6, 6.07) is 0. The van der Waals surface area contributed by atoms with E-state index >= 15 is 0 Å². The van der Waals surface area contributed by atoms with E-state index in [-0.39, 0.29) is 12.4 Å². The maximum atomic E-state index is 10.4.